The first-order valence-corrected chi connectivity index (χ1v) is 7.27. The predicted octanol–water partition coefficient (Wildman–Crippen LogP) is 4.87. The molecule has 0 aliphatic carbocycles. The van der Waals surface area contributed by atoms with Crippen molar-refractivity contribution in [1.29, 1.82) is 0 Å². The molecule has 0 heterocycles. The predicted molar refractivity (Wildman–Crippen MR) is 89.3 cm³/mol. The third-order valence-electron chi connectivity index (χ3n) is 3.03. The highest BCUT2D eigenvalue weighted by Gasteiger charge is 2.03. The van der Waals surface area contributed by atoms with Gasteiger partial charge in [0.1, 0.15) is 0 Å². The molecule has 2 aromatic carbocycles. The number of carbonyl (C=O) groups excluding carboxylic acids is 1. The summed E-state index contributed by atoms with van der Waals surface area (Å²) >= 11 is 11.9. The number of amides is 1. The van der Waals surface area contributed by atoms with Crippen molar-refractivity contribution in [3.8, 4) is 0 Å². The summed E-state index contributed by atoms with van der Waals surface area (Å²) in [6.45, 7) is 4.07. The molecule has 1 amide bonds. The summed E-state index contributed by atoms with van der Waals surface area (Å²) in [6, 6.07) is 11.4. The molecule has 0 saturated heterocycles. The van der Waals surface area contributed by atoms with Crippen molar-refractivity contribution in [2.75, 3.05) is 10.6 Å². The van der Waals surface area contributed by atoms with Crippen LogP contribution in [0.2, 0.25) is 10.0 Å². The van der Waals surface area contributed by atoms with Crippen molar-refractivity contribution in [3.63, 3.8) is 0 Å². The van der Waals surface area contributed by atoms with E-state index in [0.717, 1.165) is 22.5 Å². The average Bonchev–Trinajstić information content (AvgIpc) is 2.43. The SMILES string of the molecule is CC(=O)Nc1cc(NCc2ccc(Cl)c(Cl)c2)ccc1C. The van der Waals surface area contributed by atoms with Crippen molar-refractivity contribution in [2.45, 2.75) is 20.4 Å². The number of aryl methyl sites for hydroxylation is 1. The molecule has 0 atom stereocenters. The van der Waals surface area contributed by atoms with E-state index < -0.39 is 0 Å². The minimum Gasteiger partial charge on any atom is -0.381 e. The Bertz CT molecular complexity index is 671. The molecule has 0 unspecified atom stereocenters. The van der Waals surface area contributed by atoms with E-state index in [1.54, 1.807) is 6.07 Å². The van der Waals surface area contributed by atoms with Gasteiger partial charge in [0.05, 0.1) is 10.0 Å². The molecule has 2 rings (SSSR count). The van der Waals surface area contributed by atoms with E-state index in [-0.39, 0.29) is 5.91 Å². The number of halogens is 2. The topological polar surface area (TPSA) is 41.1 Å². The highest BCUT2D eigenvalue weighted by molar-refractivity contribution is 6.42. The molecule has 0 aromatic heterocycles. The molecule has 0 bridgehead atoms. The van der Waals surface area contributed by atoms with Crippen LogP contribution in [-0.4, -0.2) is 5.91 Å². The normalized spacial score (nSPS) is 10.3. The van der Waals surface area contributed by atoms with Crippen LogP contribution in [0.4, 0.5) is 11.4 Å². The summed E-state index contributed by atoms with van der Waals surface area (Å²) in [5.74, 6) is -0.0836. The second-order valence-electron chi connectivity index (χ2n) is 4.81. The maximum absolute atomic E-state index is 11.2. The summed E-state index contributed by atoms with van der Waals surface area (Å²) < 4.78 is 0. The zero-order valence-corrected chi connectivity index (χ0v) is 13.3. The lowest BCUT2D eigenvalue weighted by atomic mass is 10.1. The van der Waals surface area contributed by atoms with Crippen molar-refractivity contribution >= 4 is 40.5 Å². The Morgan fingerprint density at radius 3 is 2.52 bits per heavy atom. The number of hydrogen-bond acceptors (Lipinski definition) is 2. The van der Waals surface area contributed by atoms with Crippen molar-refractivity contribution < 1.29 is 4.79 Å². The van der Waals surface area contributed by atoms with Crippen LogP contribution in [0, 0.1) is 6.92 Å². The van der Waals surface area contributed by atoms with E-state index in [1.165, 1.54) is 6.92 Å². The van der Waals surface area contributed by atoms with Crippen LogP contribution in [0.25, 0.3) is 0 Å². The minimum atomic E-state index is -0.0836. The van der Waals surface area contributed by atoms with Crippen molar-refractivity contribution in [1.82, 2.24) is 0 Å². The fraction of sp³-hybridized carbons (Fsp3) is 0.188. The molecule has 3 nitrogen and oxygen atoms in total. The number of hydrogen-bond donors (Lipinski definition) is 2. The quantitative estimate of drug-likeness (QED) is 0.842. The Balaban J connectivity index is 2.09. The van der Waals surface area contributed by atoms with Gasteiger partial charge >= 0.3 is 0 Å². The van der Waals surface area contributed by atoms with Crippen LogP contribution >= 0.6 is 23.2 Å². The van der Waals surface area contributed by atoms with E-state index >= 15 is 0 Å². The van der Waals surface area contributed by atoms with Crippen LogP contribution in [0.15, 0.2) is 36.4 Å². The molecule has 0 fully saturated rings. The van der Waals surface area contributed by atoms with Gasteiger partial charge in [-0.15, -0.1) is 0 Å². The van der Waals surface area contributed by atoms with Crippen LogP contribution in [-0.2, 0) is 11.3 Å². The maximum Gasteiger partial charge on any atom is 0.221 e. The lowest BCUT2D eigenvalue weighted by molar-refractivity contribution is -0.114. The van der Waals surface area contributed by atoms with Gasteiger partial charge in [-0.3, -0.25) is 4.79 Å². The average molecular weight is 323 g/mol. The molecule has 0 aliphatic rings. The third-order valence-corrected chi connectivity index (χ3v) is 3.77. The Kier molecular flexibility index (Phi) is 5.10. The first kappa shape index (κ1) is 15.7. The molecule has 0 saturated carbocycles. The number of carbonyl (C=O) groups is 1. The van der Waals surface area contributed by atoms with Gasteiger partial charge in [0.15, 0.2) is 0 Å². The Morgan fingerprint density at radius 2 is 1.86 bits per heavy atom. The lowest BCUT2D eigenvalue weighted by Gasteiger charge is -2.11. The summed E-state index contributed by atoms with van der Waals surface area (Å²) in [7, 11) is 0. The molecule has 2 aromatic rings. The van der Waals surface area contributed by atoms with E-state index in [9.17, 15) is 4.79 Å². The summed E-state index contributed by atoms with van der Waals surface area (Å²) in [4.78, 5) is 11.2. The van der Waals surface area contributed by atoms with Crippen LogP contribution in [0.3, 0.4) is 0 Å². The van der Waals surface area contributed by atoms with E-state index in [4.69, 9.17) is 23.2 Å². The molecule has 2 N–H and O–H groups in total. The first-order valence-electron chi connectivity index (χ1n) is 6.52. The number of nitrogens with one attached hydrogen (secondary N) is 2. The van der Waals surface area contributed by atoms with Gasteiger partial charge in [0, 0.05) is 24.8 Å². The van der Waals surface area contributed by atoms with Crippen LogP contribution in [0.1, 0.15) is 18.1 Å². The van der Waals surface area contributed by atoms with Crippen molar-refractivity contribution in [3.05, 3.63) is 57.6 Å². The zero-order chi connectivity index (χ0) is 15.4. The molecular weight excluding hydrogens is 307 g/mol. The van der Waals surface area contributed by atoms with Gasteiger partial charge in [-0.25, -0.2) is 0 Å². The largest absolute Gasteiger partial charge is 0.381 e. The Labute approximate surface area is 134 Å². The second-order valence-corrected chi connectivity index (χ2v) is 5.63. The molecule has 0 spiro atoms. The summed E-state index contributed by atoms with van der Waals surface area (Å²) in [5.41, 5.74) is 3.79. The molecule has 5 heteroatoms. The summed E-state index contributed by atoms with van der Waals surface area (Å²) in [6.07, 6.45) is 0. The van der Waals surface area contributed by atoms with Crippen LogP contribution in [0.5, 0.6) is 0 Å². The molecular formula is C16H16Cl2N2O. The van der Waals surface area contributed by atoms with E-state index in [0.29, 0.717) is 16.6 Å². The van der Waals surface area contributed by atoms with Gasteiger partial charge in [-0.05, 0) is 42.3 Å². The van der Waals surface area contributed by atoms with Gasteiger partial charge in [-0.1, -0.05) is 35.3 Å². The molecule has 0 radical (unpaired) electrons. The molecule has 21 heavy (non-hydrogen) atoms. The Morgan fingerprint density at radius 1 is 1.10 bits per heavy atom. The van der Waals surface area contributed by atoms with Gasteiger partial charge < -0.3 is 10.6 Å². The molecule has 0 aliphatic heterocycles. The maximum atomic E-state index is 11.2. The Hall–Kier alpha value is -1.71. The smallest absolute Gasteiger partial charge is 0.221 e. The van der Waals surface area contributed by atoms with Gasteiger partial charge in [0.25, 0.3) is 0 Å². The van der Waals surface area contributed by atoms with Gasteiger partial charge in [-0.2, -0.15) is 0 Å². The minimum absolute atomic E-state index is 0.0836. The van der Waals surface area contributed by atoms with Gasteiger partial charge in [0.2, 0.25) is 5.91 Å². The highest BCUT2D eigenvalue weighted by atomic mass is 35.5. The van der Waals surface area contributed by atoms with E-state index in [2.05, 4.69) is 10.6 Å². The first-order chi connectivity index (χ1) is 9.95. The summed E-state index contributed by atoms with van der Waals surface area (Å²) in [5, 5.41) is 7.19. The second kappa shape index (κ2) is 6.83. The fourth-order valence-corrected chi connectivity index (χ4v) is 2.23. The third kappa shape index (κ3) is 4.38. The highest BCUT2D eigenvalue weighted by Crippen LogP contribution is 2.24. The number of rotatable bonds is 4. The molecule has 110 valence electrons. The zero-order valence-electron chi connectivity index (χ0n) is 11.8. The van der Waals surface area contributed by atoms with Crippen LogP contribution < -0.4 is 10.6 Å². The number of benzene rings is 2. The standard InChI is InChI=1S/C16H16Cl2N2O/c1-10-3-5-13(8-16(10)20-11(2)21)19-9-12-4-6-14(17)15(18)7-12/h3-8,19H,9H2,1-2H3,(H,20,21). The number of anilines is 2. The fourth-order valence-electron chi connectivity index (χ4n) is 1.91. The van der Waals surface area contributed by atoms with Crippen molar-refractivity contribution in [2.24, 2.45) is 0 Å². The lowest BCUT2D eigenvalue weighted by Crippen LogP contribution is -2.08. The van der Waals surface area contributed by atoms with E-state index in [1.807, 2.05) is 37.3 Å². The monoisotopic (exact) mass is 322 g/mol.